The maximum Gasteiger partial charge on any atom is 0.107 e. The van der Waals surface area contributed by atoms with Crippen LogP contribution in [0.15, 0.2) is 30.4 Å². The van der Waals surface area contributed by atoms with Crippen LogP contribution in [0.4, 0.5) is 0 Å². The number of allylic oxidation sites excluding steroid dienone is 3. The van der Waals surface area contributed by atoms with Gasteiger partial charge in [0.2, 0.25) is 0 Å². The van der Waals surface area contributed by atoms with Crippen LogP contribution in [0.1, 0.15) is 18.1 Å². The van der Waals surface area contributed by atoms with Crippen LogP contribution in [-0.2, 0) is 6.32 Å². The van der Waals surface area contributed by atoms with Gasteiger partial charge >= 0.3 is 0 Å². The van der Waals surface area contributed by atoms with E-state index in [1.807, 2.05) is 6.92 Å². The molecule has 0 aliphatic heterocycles. The molecule has 0 saturated heterocycles. The lowest BCUT2D eigenvalue weighted by molar-refractivity contribution is 1.32. The summed E-state index contributed by atoms with van der Waals surface area (Å²) in [5.74, 6) is 0. The van der Waals surface area contributed by atoms with E-state index in [0.717, 1.165) is 6.32 Å². The van der Waals surface area contributed by atoms with Crippen molar-refractivity contribution in [2.75, 3.05) is 0 Å². The Morgan fingerprint density at radius 3 is 2.80 bits per heavy atom. The van der Waals surface area contributed by atoms with Gasteiger partial charge in [0.15, 0.2) is 0 Å². The first kappa shape index (κ1) is 10.0. The van der Waals surface area contributed by atoms with Crippen LogP contribution in [0.2, 0.25) is 0 Å². The zero-order valence-electron chi connectivity index (χ0n) is 9.38. The Morgan fingerprint density at radius 2 is 2.13 bits per heavy atom. The highest BCUT2D eigenvalue weighted by Crippen LogP contribution is 2.10. The van der Waals surface area contributed by atoms with Gasteiger partial charge in [-0.2, -0.15) is 0 Å². The normalized spacial score (nSPS) is 13.8. The van der Waals surface area contributed by atoms with Crippen molar-refractivity contribution in [1.29, 1.82) is 0 Å². The largest absolute Gasteiger partial charge is 0.107 e. The van der Waals surface area contributed by atoms with Gasteiger partial charge < -0.3 is 0 Å². The summed E-state index contributed by atoms with van der Waals surface area (Å²) in [6, 6.07) is 4.37. The van der Waals surface area contributed by atoms with Gasteiger partial charge in [0.1, 0.15) is 7.85 Å². The molecule has 1 aromatic rings. The summed E-state index contributed by atoms with van der Waals surface area (Å²) in [5, 5.41) is 2.50. The lowest BCUT2D eigenvalue weighted by Gasteiger charge is -2.01. The van der Waals surface area contributed by atoms with Crippen molar-refractivity contribution < 1.29 is 0 Å². The zero-order chi connectivity index (χ0) is 10.8. The highest BCUT2D eigenvalue weighted by molar-refractivity contribution is 6.08. The van der Waals surface area contributed by atoms with E-state index in [9.17, 15) is 0 Å². The second-order valence-electron chi connectivity index (χ2n) is 3.81. The molecular weight excluding hydrogens is 179 g/mol. The van der Waals surface area contributed by atoms with Gasteiger partial charge in [-0.25, -0.2) is 0 Å². The summed E-state index contributed by atoms with van der Waals surface area (Å²) in [4.78, 5) is 0. The average molecular weight is 194 g/mol. The molecule has 1 heteroatoms. The Morgan fingerprint density at radius 1 is 1.33 bits per heavy atom. The van der Waals surface area contributed by atoms with Gasteiger partial charge in [0.05, 0.1) is 0 Å². The van der Waals surface area contributed by atoms with Crippen molar-refractivity contribution >= 4 is 26.1 Å². The molecule has 0 bridgehead atoms. The molecule has 0 nitrogen and oxygen atoms in total. The van der Waals surface area contributed by atoms with Crippen LogP contribution in [0, 0.1) is 0 Å². The highest BCUT2D eigenvalue weighted by Gasteiger charge is 2.05. The molecule has 0 spiro atoms. The standard InChI is InChI=1S/C14H15B/c1-3-4-11-5-6-12-7-8-13(9-15)10(2)14(11)12/h3-8H,2,9,15H2,1H3/b4-3-. The van der Waals surface area contributed by atoms with Gasteiger partial charge in [-0.1, -0.05) is 49.3 Å². The SMILES string of the molecule is BCc1ccc2c(c1=C)=C(/C=C\C)C=C2. The van der Waals surface area contributed by atoms with E-state index in [1.54, 1.807) is 0 Å². The fourth-order valence-corrected chi connectivity index (χ4v) is 2.10. The average Bonchev–Trinajstić information content (AvgIpc) is 2.64. The third-order valence-corrected chi connectivity index (χ3v) is 2.90. The molecule has 74 valence electrons. The lowest BCUT2D eigenvalue weighted by atomic mass is 9.93. The molecule has 0 radical (unpaired) electrons. The second kappa shape index (κ2) is 3.94. The zero-order valence-corrected chi connectivity index (χ0v) is 9.38. The summed E-state index contributed by atoms with van der Waals surface area (Å²) < 4.78 is 0. The first-order valence-electron chi connectivity index (χ1n) is 5.43. The third kappa shape index (κ3) is 1.59. The molecule has 15 heavy (non-hydrogen) atoms. The van der Waals surface area contributed by atoms with Crippen LogP contribution in [-0.4, -0.2) is 7.85 Å². The van der Waals surface area contributed by atoms with Crippen LogP contribution in [0.3, 0.4) is 0 Å². The fraction of sp³-hybridized carbons (Fsp3) is 0.143. The summed E-state index contributed by atoms with van der Waals surface area (Å²) in [7, 11) is 2.17. The van der Waals surface area contributed by atoms with E-state index in [4.69, 9.17) is 0 Å². The smallest absolute Gasteiger partial charge is 0.0909 e. The van der Waals surface area contributed by atoms with Crippen molar-refractivity contribution in [2.45, 2.75) is 13.2 Å². The lowest BCUT2D eigenvalue weighted by Crippen LogP contribution is -2.30. The predicted octanol–water partition coefficient (Wildman–Crippen LogP) is 0.984. The van der Waals surface area contributed by atoms with Crippen LogP contribution < -0.4 is 10.4 Å². The Labute approximate surface area is 91.7 Å². The second-order valence-corrected chi connectivity index (χ2v) is 3.81. The minimum Gasteiger partial charge on any atom is -0.0909 e. The van der Waals surface area contributed by atoms with Crippen molar-refractivity contribution in [2.24, 2.45) is 0 Å². The first-order chi connectivity index (χ1) is 7.27. The fourth-order valence-electron chi connectivity index (χ4n) is 2.10. The highest BCUT2D eigenvalue weighted by atomic mass is 14.1. The molecule has 1 aromatic carbocycles. The third-order valence-electron chi connectivity index (χ3n) is 2.90. The van der Waals surface area contributed by atoms with Gasteiger partial charge in [0, 0.05) is 0 Å². The maximum absolute atomic E-state index is 4.20. The Hall–Kier alpha value is -1.50. The number of rotatable bonds is 2. The first-order valence-corrected chi connectivity index (χ1v) is 5.43. The van der Waals surface area contributed by atoms with E-state index in [1.165, 1.54) is 27.1 Å². The molecule has 0 saturated carbocycles. The van der Waals surface area contributed by atoms with Crippen LogP contribution in [0.25, 0.3) is 18.2 Å². The predicted molar refractivity (Wildman–Crippen MR) is 70.7 cm³/mol. The molecule has 0 aromatic heterocycles. The summed E-state index contributed by atoms with van der Waals surface area (Å²) in [6.07, 6.45) is 9.61. The molecule has 2 rings (SSSR count). The van der Waals surface area contributed by atoms with Crippen molar-refractivity contribution in [3.63, 3.8) is 0 Å². The molecule has 0 heterocycles. The van der Waals surface area contributed by atoms with Gasteiger partial charge in [-0.3, -0.25) is 0 Å². The molecule has 1 aliphatic carbocycles. The van der Waals surface area contributed by atoms with Crippen molar-refractivity contribution in [3.8, 4) is 0 Å². The summed E-state index contributed by atoms with van der Waals surface area (Å²) in [6.45, 7) is 6.25. The maximum atomic E-state index is 4.20. The van der Waals surface area contributed by atoms with E-state index in [2.05, 4.69) is 50.9 Å². The Bertz CT molecular complexity index is 543. The summed E-state index contributed by atoms with van der Waals surface area (Å²) in [5.41, 5.74) is 3.93. The van der Waals surface area contributed by atoms with Gasteiger partial charge in [0.25, 0.3) is 0 Å². The molecule has 0 N–H and O–H groups in total. The van der Waals surface area contributed by atoms with Gasteiger partial charge in [-0.05, 0) is 34.1 Å². The van der Waals surface area contributed by atoms with E-state index >= 15 is 0 Å². The molecule has 1 aliphatic rings. The minimum absolute atomic E-state index is 1.05. The Kier molecular flexibility index (Phi) is 2.63. The molecule has 0 fully saturated rings. The number of hydrogen-bond donors (Lipinski definition) is 0. The van der Waals surface area contributed by atoms with Crippen molar-refractivity contribution in [3.05, 3.63) is 51.9 Å². The monoisotopic (exact) mass is 194 g/mol. The minimum atomic E-state index is 1.05. The number of fused-ring (bicyclic) bond motifs is 1. The molecule has 0 atom stereocenters. The quantitative estimate of drug-likeness (QED) is 0.615. The van der Waals surface area contributed by atoms with Crippen LogP contribution in [0.5, 0.6) is 0 Å². The van der Waals surface area contributed by atoms with Gasteiger partial charge in [-0.15, -0.1) is 0 Å². The summed E-state index contributed by atoms with van der Waals surface area (Å²) >= 11 is 0. The van der Waals surface area contributed by atoms with E-state index in [0.29, 0.717) is 0 Å². The number of benzene rings is 1. The topological polar surface area (TPSA) is 0 Å². The molecule has 0 unspecified atom stereocenters. The van der Waals surface area contributed by atoms with E-state index in [-0.39, 0.29) is 0 Å². The van der Waals surface area contributed by atoms with Crippen molar-refractivity contribution in [1.82, 2.24) is 0 Å². The van der Waals surface area contributed by atoms with E-state index < -0.39 is 0 Å². The molecule has 0 amide bonds. The Balaban J connectivity index is 2.82. The number of hydrogen-bond acceptors (Lipinski definition) is 0. The molecular formula is C14H15B. The van der Waals surface area contributed by atoms with Crippen LogP contribution >= 0.6 is 0 Å².